The molecule has 0 atom stereocenters. The molecule has 1 aromatic carbocycles. The molecule has 0 saturated carbocycles. The Kier molecular flexibility index (Phi) is 4.63. The van der Waals surface area contributed by atoms with Crippen molar-refractivity contribution in [1.82, 2.24) is 0 Å². The largest absolute Gasteiger partial charge is 0.481 e. The highest BCUT2D eigenvalue weighted by Crippen LogP contribution is 2.20. The van der Waals surface area contributed by atoms with Crippen LogP contribution in [0.3, 0.4) is 0 Å². The van der Waals surface area contributed by atoms with Gasteiger partial charge < -0.3 is 15.3 Å². The van der Waals surface area contributed by atoms with Gasteiger partial charge in [-0.1, -0.05) is 0 Å². The van der Waals surface area contributed by atoms with Gasteiger partial charge in [0.1, 0.15) is 0 Å². The molecule has 0 unspecified atom stereocenters. The van der Waals surface area contributed by atoms with E-state index in [9.17, 15) is 4.79 Å². The molecule has 106 valence electrons. The van der Waals surface area contributed by atoms with E-state index in [4.69, 9.17) is 5.11 Å². The van der Waals surface area contributed by atoms with Crippen LogP contribution in [0.25, 0.3) is 0 Å². The summed E-state index contributed by atoms with van der Waals surface area (Å²) in [6.07, 6.45) is 0.0994. The first-order valence-electron chi connectivity index (χ1n) is 6.35. The van der Waals surface area contributed by atoms with Crippen molar-refractivity contribution in [2.45, 2.75) is 13.0 Å². The Morgan fingerprint density at radius 2 is 1.80 bits per heavy atom. The normalized spacial score (nSPS) is 10.3. The van der Waals surface area contributed by atoms with Crippen molar-refractivity contribution < 1.29 is 9.90 Å². The van der Waals surface area contributed by atoms with Gasteiger partial charge in [0.2, 0.25) is 0 Å². The van der Waals surface area contributed by atoms with Gasteiger partial charge in [0.15, 0.2) is 0 Å². The quantitative estimate of drug-likeness (QED) is 0.858. The molecule has 4 nitrogen and oxygen atoms in total. The number of benzene rings is 1. The SMILES string of the molecule is CN(C)c1ccc(NCc2ccc(CC(=O)O)s2)cc1. The average molecular weight is 290 g/mol. The summed E-state index contributed by atoms with van der Waals surface area (Å²) in [5.74, 6) is -0.786. The van der Waals surface area contributed by atoms with Gasteiger partial charge in [0.25, 0.3) is 0 Å². The molecule has 0 aliphatic heterocycles. The number of hydrogen-bond acceptors (Lipinski definition) is 4. The van der Waals surface area contributed by atoms with Gasteiger partial charge in [-0.3, -0.25) is 4.79 Å². The summed E-state index contributed by atoms with van der Waals surface area (Å²) < 4.78 is 0. The number of hydrogen-bond donors (Lipinski definition) is 2. The van der Waals surface area contributed by atoms with Crippen LogP contribution in [0, 0.1) is 0 Å². The third-order valence-corrected chi connectivity index (χ3v) is 3.98. The third-order valence-electron chi connectivity index (χ3n) is 2.89. The van der Waals surface area contributed by atoms with Crippen molar-refractivity contribution >= 4 is 28.7 Å². The Labute approximate surface area is 122 Å². The van der Waals surface area contributed by atoms with Crippen LogP contribution in [0.15, 0.2) is 36.4 Å². The van der Waals surface area contributed by atoms with E-state index in [1.165, 1.54) is 11.3 Å². The highest BCUT2D eigenvalue weighted by molar-refractivity contribution is 7.12. The van der Waals surface area contributed by atoms with Gasteiger partial charge in [-0.05, 0) is 36.4 Å². The molecular formula is C15H18N2O2S. The Hall–Kier alpha value is -2.01. The number of thiophene rings is 1. The average Bonchev–Trinajstić information content (AvgIpc) is 2.83. The summed E-state index contributed by atoms with van der Waals surface area (Å²) in [5.41, 5.74) is 2.22. The standard InChI is InChI=1S/C15H18N2O2S/c1-17(2)12-5-3-11(4-6-12)16-10-14-8-7-13(20-14)9-15(18)19/h3-8,16H,9-10H2,1-2H3,(H,18,19). The highest BCUT2D eigenvalue weighted by atomic mass is 32.1. The summed E-state index contributed by atoms with van der Waals surface area (Å²) in [5, 5.41) is 12.1. The van der Waals surface area contributed by atoms with Crippen molar-refractivity contribution in [1.29, 1.82) is 0 Å². The molecule has 0 bridgehead atoms. The molecular weight excluding hydrogens is 272 g/mol. The molecule has 0 saturated heterocycles. The lowest BCUT2D eigenvalue weighted by Crippen LogP contribution is -2.08. The zero-order chi connectivity index (χ0) is 14.5. The van der Waals surface area contributed by atoms with E-state index >= 15 is 0 Å². The molecule has 2 rings (SSSR count). The topological polar surface area (TPSA) is 52.6 Å². The van der Waals surface area contributed by atoms with Crippen LogP contribution in [0.5, 0.6) is 0 Å². The molecule has 0 radical (unpaired) electrons. The van der Waals surface area contributed by atoms with Crippen LogP contribution < -0.4 is 10.2 Å². The molecule has 20 heavy (non-hydrogen) atoms. The molecule has 0 aliphatic rings. The van der Waals surface area contributed by atoms with Crippen molar-refractivity contribution in [2.75, 3.05) is 24.3 Å². The van der Waals surface area contributed by atoms with E-state index in [1.54, 1.807) is 0 Å². The van der Waals surface area contributed by atoms with Gasteiger partial charge in [-0.2, -0.15) is 0 Å². The van der Waals surface area contributed by atoms with E-state index in [-0.39, 0.29) is 6.42 Å². The van der Waals surface area contributed by atoms with E-state index in [0.29, 0.717) is 6.54 Å². The van der Waals surface area contributed by atoms with Crippen LogP contribution >= 0.6 is 11.3 Å². The summed E-state index contributed by atoms with van der Waals surface area (Å²) in [6, 6.07) is 12.1. The number of anilines is 2. The smallest absolute Gasteiger partial charge is 0.308 e. The van der Waals surface area contributed by atoms with Crippen molar-refractivity contribution in [3.05, 3.63) is 46.2 Å². The maximum atomic E-state index is 10.6. The van der Waals surface area contributed by atoms with Gasteiger partial charge in [0.05, 0.1) is 6.42 Å². The highest BCUT2D eigenvalue weighted by Gasteiger charge is 2.04. The number of nitrogens with one attached hydrogen (secondary N) is 1. The zero-order valence-corrected chi connectivity index (χ0v) is 12.4. The maximum absolute atomic E-state index is 10.6. The van der Waals surface area contributed by atoms with Crippen LogP contribution in [0.2, 0.25) is 0 Å². The number of carboxylic acid groups (broad SMARTS) is 1. The Morgan fingerprint density at radius 1 is 1.15 bits per heavy atom. The second-order valence-electron chi connectivity index (χ2n) is 4.73. The fraction of sp³-hybridized carbons (Fsp3) is 0.267. The number of rotatable bonds is 6. The van der Waals surface area contributed by atoms with Crippen molar-refractivity contribution in [3.8, 4) is 0 Å². The second kappa shape index (κ2) is 6.43. The molecule has 5 heteroatoms. The Bertz CT molecular complexity index is 576. The van der Waals surface area contributed by atoms with Gasteiger partial charge in [0, 0.05) is 41.8 Å². The fourth-order valence-electron chi connectivity index (χ4n) is 1.83. The van der Waals surface area contributed by atoms with E-state index < -0.39 is 5.97 Å². The number of aliphatic carboxylic acids is 1. The minimum Gasteiger partial charge on any atom is -0.481 e. The monoisotopic (exact) mass is 290 g/mol. The molecule has 0 amide bonds. The van der Waals surface area contributed by atoms with Gasteiger partial charge >= 0.3 is 5.97 Å². The fourth-order valence-corrected chi connectivity index (χ4v) is 2.78. The molecule has 0 aliphatic carbocycles. The first-order chi connectivity index (χ1) is 9.54. The molecule has 1 heterocycles. The van der Waals surface area contributed by atoms with E-state index in [2.05, 4.69) is 22.3 Å². The second-order valence-corrected chi connectivity index (χ2v) is 5.99. The minimum absolute atomic E-state index is 0.0994. The van der Waals surface area contributed by atoms with E-state index in [1.807, 2.05) is 38.4 Å². The van der Waals surface area contributed by atoms with Crippen LogP contribution in [0.1, 0.15) is 9.75 Å². The van der Waals surface area contributed by atoms with Crippen LogP contribution in [0.4, 0.5) is 11.4 Å². The predicted octanol–water partition coefficient (Wildman–Crippen LogP) is 3.05. The number of carbonyl (C=O) groups is 1. The summed E-state index contributed by atoms with van der Waals surface area (Å²) in [4.78, 5) is 14.7. The summed E-state index contributed by atoms with van der Waals surface area (Å²) in [7, 11) is 4.02. The number of nitrogens with zero attached hydrogens (tertiary/aromatic N) is 1. The predicted molar refractivity (Wildman–Crippen MR) is 83.8 cm³/mol. The lowest BCUT2D eigenvalue weighted by Gasteiger charge is -2.13. The molecule has 2 N–H and O–H groups in total. The van der Waals surface area contributed by atoms with Gasteiger partial charge in [-0.15, -0.1) is 11.3 Å². The van der Waals surface area contributed by atoms with Gasteiger partial charge in [-0.25, -0.2) is 0 Å². The minimum atomic E-state index is -0.786. The zero-order valence-electron chi connectivity index (χ0n) is 11.6. The van der Waals surface area contributed by atoms with Crippen LogP contribution in [-0.4, -0.2) is 25.2 Å². The molecule has 2 aromatic rings. The number of carboxylic acids is 1. The first-order valence-corrected chi connectivity index (χ1v) is 7.17. The summed E-state index contributed by atoms with van der Waals surface area (Å²) in [6.45, 7) is 0.714. The van der Waals surface area contributed by atoms with Crippen molar-refractivity contribution in [2.24, 2.45) is 0 Å². The Morgan fingerprint density at radius 3 is 2.40 bits per heavy atom. The Balaban J connectivity index is 1.91. The first kappa shape index (κ1) is 14.4. The lowest BCUT2D eigenvalue weighted by molar-refractivity contribution is -0.136. The maximum Gasteiger partial charge on any atom is 0.308 e. The summed E-state index contributed by atoms with van der Waals surface area (Å²) >= 11 is 1.54. The molecule has 0 spiro atoms. The van der Waals surface area contributed by atoms with Crippen LogP contribution in [-0.2, 0) is 17.8 Å². The third kappa shape index (κ3) is 3.99. The lowest BCUT2D eigenvalue weighted by atomic mass is 10.2. The van der Waals surface area contributed by atoms with Crippen molar-refractivity contribution in [3.63, 3.8) is 0 Å². The molecule has 1 aromatic heterocycles. The van der Waals surface area contributed by atoms with E-state index in [0.717, 1.165) is 21.1 Å². The molecule has 0 fully saturated rings.